The molecule has 0 spiro atoms. The van der Waals surface area contributed by atoms with Crippen LogP contribution in [0.5, 0.6) is 11.5 Å². The smallest absolute Gasteiger partial charge is 0.245 e. The molecule has 0 bridgehead atoms. The molecule has 1 aliphatic heterocycles. The van der Waals surface area contributed by atoms with Gasteiger partial charge in [-0.05, 0) is 59.7 Å². The van der Waals surface area contributed by atoms with Crippen molar-refractivity contribution < 1.29 is 19.1 Å². The molecule has 0 aliphatic carbocycles. The van der Waals surface area contributed by atoms with E-state index >= 15 is 0 Å². The lowest BCUT2D eigenvalue weighted by molar-refractivity contribution is -0.126. The molecule has 1 fully saturated rings. The summed E-state index contributed by atoms with van der Waals surface area (Å²) in [5, 5.41) is 4.74. The van der Waals surface area contributed by atoms with E-state index in [2.05, 4.69) is 10.5 Å². The monoisotopic (exact) mass is 477 g/mol. The summed E-state index contributed by atoms with van der Waals surface area (Å²) in [6.07, 6.45) is 1.69. The summed E-state index contributed by atoms with van der Waals surface area (Å²) < 4.78 is 11.0. The number of nitrogens with zero attached hydrogens (tertiary/aromatic N) is 2. The van der Waals surface area contributed by atoms with Gasteiger partial charge in [-0.25, -0.2) is 5.43 Å². The van der Waals surface area contributed by atoms with Crippen molar-refractivity contribution in [3.63, 3.8) is 0 Å². The summed E-state index contributed by atoms with van der Waals surface area (Å²) in [5.41, 5.74) is 5.06. The first kappa shape index (κ1) is 23.3. The maximum Gasteiger partial charge on any atom is 0.245 e. The molecule has 1 N–H and O–H groups in total. The number of hydrazone groups is 1. The quantitative estimate of drug-likeness (QED) is 0.384. The zero-order valence-electron chi connectivity index (χ0n) is 18.6. The van der Waals surface area contributed by atoms with Gasteiger partial charge < -0.3 is 14.4 Å². The van der Waals surface area contributed by atoms with Crippen LogP contribution >= 0.6 is 11.6 Å². The summed E-state index contributed by atoms with van der Waals surface area (Å²) in [4.78, 5) is 26.6. The fourth-order valence-electron chi connectivity index (χ4n) is 3.59. The van der Waals surface area contributed by atoms with Crippen molar-refractivity contribution in [2.24, 2.45) is 11.0 Å². The number of amides is 2. The van der Waals surface area contributed by atoms with Gasteiger partial charge in [0.1, 0.15) is 18.1 Å². The van der Waals surface area contributed by atoms with Gasteiger partial charge in [-0.15, -0.1) is 0 Å². The number of halogens is 1. The van der Waals surface area contributed by atoms with Crippen molar-refractivity contribution in [3.8, 4) is 11.5 Å². The van der Waals surface area contributed by atoms with Crippen LogP contribution in [0.3, 0.4) is 0 Å². The van der Waals surface area contributed by atoms with Crippen LogP contribution in [0.25, 0.3) is 0 Å². The highest BCUT2D eigenvalue weighted by Crippen LogP contribution is 2.27. The highest BCUT2D eigenvalue weighted by atomic mass is 35.5. The van der Waals surface area contributed by atoms with Gasteiger partial charge in [-0.1, -0.05) is 35.9 Å². The third-order valence-electron chi connectivity index (χ3n) is 5.45. The molecule has 174 valence electrons. The third kappa shape index (κ3) is 5.94. The molecule has 0 aromatic heterocycles. The van der Waals surface area contributed by atoms with Gasteiger partial charge in [-0.3, -0.25) is 9.59 Å². The SMILES string of the molecule is COc1ccc(N2C[C@@H](C(=O)N/N=C/c3cccc(OCc4ccc(Cl)cc4)c3)CC2=O)cc1. The van der Waals surface area contributed by atoms with E-state index in [-0.39, 0.29) is 18.2 Å². The van der Waals surface area contributed by atoms with Crippen LogP contribution in [-0.2, 0) is 16.2 Å². The molecule has 34 heavy (non-hydrogen) atoms. The van der Waals surface area contributed by atoms with E-state index in [1.165, 1.54) is 0 Å². The number of methoxy groups -OCH3 is 1. The van der Waals surface area contributed by atoms with Gasteiger partial charge in [0.2, 0.25) is 11.8 Å². The van der Waals surface area contributed by atoms with Crippen molar-refractivity contribution in [2.45, 2.75) is 13.0 Å². The van der Waals surface area contributed by atoms with Gasteiger partial charge in [-0.2, -0.15) is 5.10 Å². The molecular weight excluding hydrogens is 454 g/mol. The average Bonchev–Trinajstić information content (AvgIpc) is 3.25. The molecule has 3 aromatic rings. The lowest BCUT2D eigenvalue weighted by Crippen LogP contribution is -2.30. The summed E-state index contributed by atoms with van der Waals surface area (Å²) in [5.74, 6) is 0.525. The molecule has 7 nitrogen and oxygen atoms in total. The van der Waals surface area contributed by atoms with Gasteiger partial charge in [0, 0.05) is 23.7 Å². The van der Waals surface area contributed by atoms with E-state index in [1.807, 2.05) is 48.5 Å². The molecule has 3 aromatic carbocycles. The number of hydrogen-bond acceptors (Lipinski definition) is 5. The second-order valence-electron chi connectivity index (χ2n) is 7.83. The predicted octanol–water partition coefficient (Wildman–Crippen LogP) is 4.43. The van der Waals surface area contributed by atoms with Crippen molar-refractivity contribution >= 4 is 35.3 Å². The van der Waals surface area contributed by atoms with E-state index in [1.54, 1.807) is 42.5 Å². The van der Waals surface area contributed by atoms with Crippen LogP contribution in [0.2, 0.25) is 5.02 Å². The van der Waals surface area contributed by atoms with Crippen LogP contribution in [0.1, 0.15) is 17.5 Å². The third-order valence-corrected chi connectivity index (χ3v) is 5.70. The normalized spacial score (nSPS) is 15.5. The molecule has 1 saturated heterocycles. The largest absolute Gasteiger partial charge is 0.497 e. The van der Waals surface area contributed by atoms with Crippen LogP contribution in [0.4, 0.5) is 5.69 Å². The molecule has 2 amide bonds. The second kappa shape index (κ2) is 10.9. The Bertz CT molecular complexity index is 1180. The molecule has 0 radical (unpaired) electrons. The fraction of sp³-hybridized carbons (Fsp3) is 0.192. The Kier molecular flexibility index (Phi) is 7.44. The van der Waals surface area contributed by atoms with Crippen LogP contribution < -0.4 is 19.8 Å². The number of rotatable bonds is 8. The molecule has 8 heteroatoms. The molecule has 1 heterocycles. The second-order valence-corrected chi connectivity index (χ2v) is 8.26. The van der Waals surface area contributed by atoms with Gasteiger partial charge >= 0.3 is 0 Å². The molecule has 0 saturated carbocycles. The van der Waals surface area contributed by atoms with Crippen LogP contribution in [0.15, 0.2) is 77.9 Å². The van der Waals surface area contributed by atoms with Gasteiger partial charge in [0.25, 0.3) is 0 Å². The zero-order chi connectivity index (χ0) is 23.9. The van der Waals surface area contributed by atoms with E-state index in [4.69, 9.17) is 21.1 Å². The fourth-order valence-corrected chi connectivity index (χ4v) is 3.71. The Hall–Kier alpha value is -3.84. The Labute approximate surface area is 202 Å². The average molecular weight is 478 g/mol. The minimum absolute atomic E-state index is 0.0974. The van der Waals surface area contributed by atoms with E-state index < -0.39 is 5.92 Å². The first-order valence-corrected chi connectivity index (χ1v) is 11.1. The first-order chi connectivity index (χ1) is 16.5. The van der Waals surface area contributed by atoms with Gasteiger partial charge in [0.05, 0.1) is 19.2 Å². The van der Waals surface area contributed by atoms with E-state index in [0.717, 1.165) is 16.8 Å². The summed E-state index contributed by atoms with van der Waals surface area (Å²) in [7, 11) is 1.58. The number of nitrogens with one attached hydrogen (secondary N) is 1. The lowest BCUT2D eigenvalue weighted by atomic mass is 10.1. The minimum atomic E-state index is -0.471. The Morgan fingerprint density at radius 2 is 1.88 bits per heavy atom. The maximum absolute atomic E-state index is 12.6. The molecule has 0 unspecified atom stereocenters. The number of ether oxygens (including phenoxy) is 2. The predicted molar refractivity (Wildman–Crippen MR) is 131 cm³/mol. The number of anilines is 1. The van der Waals surface area contributed by atoms with Crippen LogP contribution in [0, 0.1) is 5.92 Å². The van der Waals surface area contributed by atoms with Crippen LogP contribution in [-0.4, -0.2) is 31.7 Å². The summed E-state index contributed by atoms with van der Waals surface area (Å²) >= 11 is 5.91. The maximum atomic E-state index is 12.6. The Morgan fingerprint density at radius 1 is 1.12 bits per heavy atom. The lowest BCUT2D eigenvalue weighted by Gasteiger charge is -2.16. The Balaban J connectivity index is 1.30. The zero-order valence-corrected chi connectivity index (χ0v) is 19.4. The van der Waals surface area contributed by atoms with E-state index in [0.29, 0.717) is 29.7 Å². The highest BCUT2D eigenvalue weighted by molar-refractivity contribution is 6.30. The van der Waals surface area contributed by atoms with Gasteiger partial charge in [0.15, 0.2) is 0 Å². The first-order valence-electron chi connectivity index (χ1n) is 10.8. The highest BCUT2D eigenvalue weighted by Gasteiger charge is 2.35. The topological polar surface area (TPSA) is 80.2 Å². The summed E-state index contributed by atoms with van der Waals surface area (Å²) in [6, 6.07) is 22.0. The van der Waals surface area contributed by atoms with E-state index in [9.17, 15) is 9.59 Å². The standard InChI is InChI=1S/C26H24ClN3O4/c1-33-23-11-9-22(10-12-23)30-16-20(14-25(30)31)26(32)29-28-15-19-3-2-4-24(13-19)34-17-18-5-7-21(27)8-6-18/h2-13,15,20H,14,16-17H2,1H3,(H,29,32)/b28-15+/t20-/m0/s1. The number of carbonyl (C=O) groups excluding carboxylic acids is 2. The summed E-state index contributed by atoms with van der Waals surface area (Å²) in [6.45, 7) is 0.718. The van der Waals surface area contributed by atoms with Crippen molar-refractivity contribution in [1.29, 1.82) is 0 Å². The van der Waals surface area contributed by atoms with Crippen molar-refractivity contribution in [2.75, 3.05) is 18.6 Å². The molecule has 4 rings (SSSR count). The molecule has 1 aliphatic rings. The number of benzene rings is 3. The van der Waals surface area contributed by atoms with Crippen molar-refractivity contribution in [1.82, 2.24) is 5.43 Å². The Morgan fingerprint density at radius 3 is 2.62 bits per heavy atom. The minimum Gasteiger partial charge on any atom is -0.497 e. The van der Waals surface area contributed by atoms with Crippen molar-refractivity contribution in [3.05, 3.63) is 88.9 Å². The molecule has 1 atom stereocenters. The number of hydrogen-bond donors (Lipinski definition) is 1. The molecular formula is C26H24ClN3O4. The number of carbonyl (C=O) groups is 2.